The van der Waals surface area contributed by atoms with Crippen molar-refractivity contribution in [2.75, 3.05) is 23.5 Å². The first kappa shape index (κ1) is 29.5. The third-order valence-corrected chi connectivity index (χ3v) is 6.45. The van der Waals surface area contributed by atoms with Crippen molar-refractivity contribution in [3.63, 3.8) is 0 Å². The molecule has 0 radical (unpaired) electrons. The zero-order valence-electron chi connectivity index (χ0n) is 21.7. The van der Waals surface area contributed by atoms with Gasteiger partial charge in [-0.05, 0) is 42.7 Å². The molecule has 12 heteroatoms. The SMILES string of the molecule is CC1CCCC(NC(=O)/C(N)=C/Nc2cccc(Cl)c2F)c2ncc([nH]2)-c2ccc(N)cc2NC(=O)C1.CO. The average molecular weight is 558 g/mol. The molecule has 3 aromatic rings. The summed E-state index contributed by atoms with van der Waals surface area (Å²) < 4.78 is 14.1. The van der Waals surface area contributed by atoms with Crippen molar-refractivity contribution >= 4 is 40.5 Å². The number of hydrogen-bond donors (Lipinski definition) is 7. The maximum Gasteiger partial charge on any atom is 0.269 e. The second-order valence-corrected chi connectivity index (χ2v) is 9.55. The van der Waals surface area contributed by atoms with Crippen molar-refractivity contribution < 1.29 is 19.1 Å². The number of halogens is 2. The summed E-state index contributed by atoms with van der Waals surface area (Å²) in [5.74, 6) is -0.596. The topological polar surface area (TPSA) is 171 Å². The molecule has 2 unspecified atom stereocenters. The number of amides is 2. The van der Waals surface area contributed by atoms with Crippen LogP contribution >= 0.6 is 11.6 Å². The van der Waals surface area contributed by atoms with E-state index in [1.54, 1.807) is 30.5 Å². The molecule has 0 spiro atoms. The summed E-state index contributed by atoms with van der Waals surface area (Å²) in [5.41, 5.74) is 14.4. The fourth-order valence-electron chi connectivity index (χ4n) is 4.20. The van der Waals surface area contributed by atoms with Gasteiger partial charge in [-0.1, -0.05) is 37.4 Å². The number of benzene rings is 2. The van der Waals surface area contributed by atoms with Crippen molar-refractivity contribution in [3.05, 3.63) is 71.2 Å². The van der Waals surface area contributed by atoms with E-state index in [1.807, 2.05) is 6.92 Å². The maximum absolute atomic E-state index is 14.1. The van der Waals surface area contributed by atoms with Crippen molar-refractivity contribution in [2.24, 2.45) is 11.7 Å². The second kappa shape index (κ2) is 13.6. The van der Waals surface area contributed by atoms with E-state index >= 15 is 0 Å². The molecule has 10 nitrogen and oxygen atoms in total. The molecule has 4 rings (SSSR count). The molecule has 208 valence electrons. The monoisotopic (exact) mass is 557 g/mol. The number of nitrogens with zero attached hydrogens (tertiary/aromatic N) is 1. The van der Waals surface area contributed by atoms with Crippen LogP contribution in [0.1, 0.15) is 44.5 Å². The number of carbonyl (C=O) groups is 2. The van der Waals surface area contributed by atoms with E-state index in [0.717, 1.165) is 25.5 Å². The predicted molar refractivity (Wildman–Crippen MR) is 151 cm³/mol. The smallest absolute Gasteiger partial charge is 0.269 e. The quantitative estimate of drug-likeness (QED) is 0.185. The Morgan fingerprint density at radius 3 is 2.79 bits per heavy atom. The first-order chi connectivity index (χ1) is 18.7. The van der Waals surface area contributed by atoms with Gasteiger partial charge in [-0.25, -0.2) is 9.37 Å². The minimum absolute atomic E-state index is 0.0468. The van der Waals surface area contributed by atoms with Gasteiger partial charge in [0.05, 0.1) is 34.3 Å². The molecule has 1 aliphatic rings. The number of imidazole rings is 1. The number of nitrogen functional groups attached to an aromatic ring is 1. The molecule has 1 aromatic heterocycles. The van der Waals surface area contributed by atoms with E-state index in [2.05, 4.69) is 25.9 Å². The average Bonchev–Trinajstić information content (AvgIpc) is 3.39. The van der Waals surface area contributed by atoms with Gasteiger partial charge in [0.25, 0.3) is 5.91 Å². The van der Waals surface area contributed by atoms with Gasteiger partial charge in [0.1, 0.15) is 11.5 Å². The molecular weight excluding hydrogens is 525 g/mol. The Kier molecular flexibility index (Phi) is 10.3. The number of anilines is 3. The Morgan fingerprint density at radius 1 is 1.26 bits per heavy atom. The van der Waals surface area contributed by atoms with Gasteiger partial charge in [-0.15, -0.1) is 0 Å². The van der Waals surface area contributed by atoms with Gasteiger partial charge in [0.15, 0.2) is 5.82 Å². The lowest BCUT2D eigenvalue weighted by atomic mass is 9.97. The number of carbonyl (C=O) groups excluding carboxylic acids is 2. The summed E-state index contributed by atoms with van der Waals surface area (Å²) in [6, 6.07) is 9.27. The van der Waals surface area contributed by atoms with Crippen LogP contribution in [0.15, 0.2) is 54.5 Å². The second-order valence-electron chi connectivity index (χ2n) is 9.15. The molecule has 2 bridgehead atoms. The molecule has 0 saturated carbocycles. The van der Waals surface area contributed by atoms with Gasteiger partial charge in [-0.3, -0.25) is 9.59 Å². The first-order valence-electron chi connectivity index (χ1n) is 12.4. The van der Waals surface area contributed by atoms with Crippen LogP contribution in [0.4, 0.5) is 21.5 Å². The van der Waals surface area contributed by atoms with Gasteiger partial charge >= 0.3 is 0 Å². The highest BCUT2D eigenvalue weighted by Gasteiger charge is 2.22. The van der Waals surface area contributed by atoms with E-state index in [-0.39, 0.29) is 28.2 Å². The fourth-order valence-corrected chi connectivity index (χ4v) is 4.37. The standard InChI is InChI=1S/C26H29ClFN7O2.CH4O/c1-14-4-2-7-20(35-26(37)18(30)12-31-19-6-3-5-17(27)24(19)28)25-32-13-22(34-25)16-9-8-15(29)11-21(16)33-23(36)10-14;1-2/h3,5-6,8-9,11-14,20,31H,2,4,7,10,29-30H2,1H3,(H,32,34)(H,33,36)(H,35,37);2H,1H3/b18-12-;. The van der Waals surface area contributed by atoms with E-state index in [9.17, 15) is 14.0 Å². The minimum atomic E-state index is -0.642. The minimum Gasteiger partial charge on any atom is -0.400 e. The van der Waals surface area contributed by atoms with Crippen molar-refractivity contribution in [1.29, 1.82) is 0 Å². The molecule has 2 amide bonds. The normalized spacial score (nSPS) is 17.7. The molecule has 2 atom stereocenters. The zero-order valence-corrected chi connectivity index (χ0v) is 22.5. The Bertz CT molecular complexity index is 1340. The van der Waals surface area contributed by atoms with Gasteiger partial charge in [-0.2, -0.15) is 0 Å². The lowest BCUT2D eigenvalue weighted by Gasteiger charge is -2.18. The third kappa shape index (κ3) is 7.71. The number of H-pyrrole nitrogens is 1. The predicted octanol–water partition coefficient (Wildman–Crippen LogP) is 4.28. The molecule has 1 aliphatic heterocycles. The summed E-state index contributed by atoms with van der Waals surface area (Å²) >= 11 is 5.80. The number of aromatic nitrogens is 2. The van der Waals surface area contributed by atoms with Gasteiger partial charge in [0.2, 0.25) is 5.91 Å². The number of aromatic amines is 1. The molecule has 39 heavy (non-hydrogen) atoms. The summed E-state index contributed by atoms with van der Waals surface area (Å²) in [4.78, 5) is 33.3. The Hall–Kier alpha value is -4.09. The number of aliphatic hydroxyl groups excluding tert-OH is 1. The summed E-state index contributed by atoms with van der Waals surface area (Å²) in [5, 5.41) is 15.5. The first-order valence-corrected chi connectivity index (χ1v) is 12.8. The molecule has 2 aromatic carbocycles. The summed E-state index contributed by atoms with van der Waals surface area (Å²) in [7, 11) is 1.00. The van der Waals surface area contributed by atoms with E-state index in [4.69, 9.17) is 28.2 Å². The van der Waals surface area contributed by atoms with Crippen LogP contribution in [0.3, 0.4) is 0 Å². The van der Waals surface area contributed by atoms with Gasteiger partial charge < -0.3 is 37.5 Å². The lowest BCUT2D eigenvalue weighted by Crippen LogP contribution is -2.33. The van der Waals surface area contributed by atoms with Crippen LogP contribution < -0.4 is 27.4 Å². The summed E-state index contributed by atoms with van der Waals surface area (Å²) in [6.07, 6.45) is 5.32. The van der Waals surface area contributed by atoms with E-state index in [0.29, 0.717) is 35.7 Å². The Balaban J connectivity index is 0.00000205. The zero-order chi connectivity index (χ0) is 28.5. The molecule has 0 aliphatic carbocycles. The Morgan fingerprint density at radius 2 is 2.03 bits per heavy atom. The van der Waals surface area contributed by atoms with Crippen LogP contribution in [0.25, 0.3) is 11.3 Å². The highest BCUT2D eigenvalue weighted by Crippen LogP contribution is 2.31. The van der Waals surface area contributed by atoms with E-state index < -0.39 is 17.8 Å². The van der Waals surface area contributed by atoms with Crippen molar-refractivity contribution in [2.45, 2.75) is 38.6 Å². The van der Waals surface area contributed by atoms with Crippen LogP contribution in [0.2, 0.25) is 5.02 Å². The van der Waals surface area contributed by atoms with E-state index in [1.165, 1.54) is 18.3 Å². The van der Waals surface area contributed by atoms with Crippen molar-refractivity contribution in [3.8, 4) is 11.3 Å². The Labute approximate surface area is 231 Å². The maximum atomic E-state index is 14.1. The van der Waals surface area contributed by atoms with Crippen LogP contribution in [0.5, 0.6) is 0 Å². The number of hydrogen-bond acceptors (Lipinski definition) is 7. The molecule has 2 heterocycles. The molecule has 0 fully saturated rings. The lowest BCUT2D eigenvalue weighted by molar-refractivity contribution is -0.118. The summed E-state index contributed by atoms with van der Waals surface area (Å²) in [6.45, 7) is 2.01. The molecule has 9 N–H and O–H groups in total. The number of fused-ring (bicyclic) bond motifs is 4. The number of rotatable bonds is 4. The number of nitrogens with one attached hydrogen (secondary N) is 4. The third-order valence-electron chi connectivity index (χ3n) is 6.16. The van der Waals surface area contributed by atoms with Crippen LogP contribution in [-0.4, -0.2) is 34.0 Å². The van der Waals surface area contributed by atoms with Crippen molar-refractivity contribution in [1.82, 2.24) is 15.3 Å². The highest BCUT2D eigenvalue weighted by atomic mass is 35.5. The largest absolute Gasteiger partial charge is 0.400 e. The highest BCUT2D eigenvalue weighted by molar-refractivity contribution is 6.31. The number of aliphatic hydroxyl groups is 1. The van der Waals surface area contributed by atoms with Gasteiger partial charge in [0, 0.05) is 31.0 Å². The van der Waals surface area contributed by atoms with Crippen LogP contribution in [-0.2, 0) is 9.59 Å². The number of nitrogens with two attached hydrogens (primary N) is 2. The fraction of sp³-hybridized carbons (Fsp3) is 0.296. The molecule has 0 saturated heterocycles. The molecular formula is C27H33ClFN7O3. The van der Waals surface area contributed by atoms with Crippen LogP contribution in [0, 0.1) is 11.7 Å².